The zero-order chi connectivity index (χ0) is 21.6. The van der Waals surface area contributed by atoms with Crippen molar-refractivity contribution in [1.82, 2.24) is 4.72 Å². The van der Waals surface area contributed by atoms with Crippen LogP contribution >= 0.6 is 34.8 Å². The van der Waals surface area contributed by atoms with Gasteiger partial charge in [0.1, 0.15) is 0 Å². The molecule has 0 fully saturated rings. The van der Waals surface area contributed by atoms with Crippen LogP contribution in [0.4, 0.5) is 5.69 Å². The number of nitrogens with one attached hydrogen (secondary N) is 2. The first kappa shape index (κ1) is 23.4. The third-order valence-electron chi connectivity index (χ3n) is 3.59. The number of carbonyl (C=O) groups is 2. The van der Waals surface area contributed by atoms with E-state index in [-0.39, 0.29) is 33.6 Å². The zero-order valence-corrected chi connectivity index (χ0v) is 18.3. The number of aryl methyl sites for hydroxylation is 1. The van der Waals surface area contributed by atoms with E-state index in [1.807, 2.05) is 6.92 Å². The highest BCUT2D eigenvalue weighted by atomic mass is 35.5. The quantitative estimate of drug-likeness (QED) is 0.561. The van der Waals surface area contributed by atoms with Gasteiger partial charge in [-0.1, -0.05) is 52.5 Å². The maximum Gasteiger partial charge on any atom is 0.307 e. The normalized spacial score (nSPS) is 11.2. The average Bonchev–Trinajstić information content (AvgIpc) is 2.63. The summed E-state index contributed by atoms with van der Waals surface area (Å²) < 4.78 is 31.4. The number of anilines is 1. The molecule has 11 heteroatoms. The molecule has 29 heavy (non-hydrogen) atoms. The number of sulfonamides is 1. The molecule has 0 saturated heterocycles. The van der Waals surface area contributed by atoms with Crippen LogP contribution in [0.1, 0.15) is 12.0 Å². The molecular formula is C18H17Cl3N2O5S. The van der Waals surface area contributed by atoms with E-state index in [1.165, 1.54) is 24.3 Å². The van der Waals surface area contributed by atoms with Crippen LogP contribution < -0.4 is 10.0 Å². The predicted molar refractivity (Wildman–Crippen MR) is 112 cm³/mol. The number of ether oxygens (including phenoxy) is 1. The Morgan fingerprint density at radius 1 is 1.03 bits per heavy atom. The van der Waals surface area contributed by atoms with Gasteiger partial charge in [-0.05, 0) is 31.2 Å². The Balaban J connectivity index is 1.78. The van der Waals surface area contributed by atoms with Crippen molar-refractivity contribution in [3.8, 4) is 0 Å². The predicted octanol–water partition coefficient (Wildman–Crippen LogP) is 3.81. The molecule has 0 heterocycles. The van der Waals surface area contributed by atoms with E-state index in [9.17, 15) is 18.0 Å². The highest BCUT2D eigenvalue weighted by Crippen LogP contribution is 2.33. The van der Waals surface area contributed by atoms with Crippen molar-refractivity contribution >= 4 is 62.4 Å². The van der Waals surface area contributed by atoms with Crippen molar-refractivity contribution in [2.24, 2.45) is 0 Å². The van der Waals surface area contributed by atoms with Crippen LogP contribution in [-0.4, -0.2) is 33.4 Å². The lowest BCUT2D eigenvalue weighted by atomic mass is 10.2. The Morgan fingerprint density at radius 3 is 2.21 bits per heavy atom. The average molecular weight is 480 g/mol. The number of halogens is 3. The summed E-state index contributed by atoms with van der Waals surface area (Å²) in [6.45, 7) is 1.08. The summed E-state index contributed by atoms with van der Waals surface area (Å²) in [6.07, 6.45) is -0.249. The third kappa shape index (κ3) is 7.17. The molecule has 2 aromatic carbocycles. The molecule has 0 saturated carbocycles. The Labute approximate surface area is 183 Å². The molecule has 1 amide bonds. The number of benzene rings is 2. The van der Waals surface area contributed by atoms with Crippen molar-refractivity contribution in [2.45, 2.75) is 18.2 Å². The van der Waals surface area contributed by atoms with Gasteiger partial charge in [0.2, 0.25) is 10.0 Å². The number of hydrogen-bond acceptors (Lipinski definition) is 5. The van der Waals surface area contributed by atoms with Crippen LogP contribution in [0.5, 0.6) is 0 Å². The van der Waals surface area contributed by atoms with Crippen molar-refractivity contribution in [3.63, 3.8) is 0 Å². The van der Waals surface area contributed by atoms with E-state index in [4.69, 9.17) is 39.5 Å². The zero-order valence-electron chi connectivity index (χ0n) is 15.2. The minimum atomic E-state index is -3.73. The molecular weight excluding hydrogens is 463 g/mol. The van der Waals surface area contributed by atoms with Crippen LogP contribution in [0.3, 0.4) is 0 Å². The summed E-state index contributed by atoms with van der Waals surface area (Å²) in [6, 6.07) is 9.06. The van der Waals surface area contributed by atoms with Crippen molar-refractivity contribution in [3.05, 3.63) is 57.0 Å². The molecule has 0 unspecified atom stereocenters. The summed E-state index contributed by atoms with van der Waals surface area (Å²) >= 11 is 17.7. The lowest BCUT2D eigenvalue weighted by Gasteiger charge is -2.10. The van der Waals surface area contributed by atoms with Crippen LogP contribution in [-0.2, 0) is 24.3 Å². The number of esters is 1. The SMILES string of the molecule is Cc1ccc(S(=O)(=O)NCCC(=O)OCC(=O)Nc2c(Cl)cc(Cl)cc2Cl)cc1. The third-order valence-corrected chi connectivity index (χ3v) is 5.88. The van der Waals surface area contributed by atoms with Gasteiger partial charge in [-0.3, -0.25) is 9.59 Å². The van der Waals surface area contributed by atoms with E-state index in [0.29, 0.717) is 5.02 Å². The lowest BCUT2D eigenvalue weighted by Crippen LogP contribution is -2.28. The monoisotopic (exact) mass is 478 g/mol. The van der Waals surface area contributed by atoms with E-state index in [1.54, 1.807) is 12.1 Å². The fourth-order valence-corrected chi connectivity index (χ4v) is 4.09. The second-order valence-electron chi connectivity index (χ2n) is 5.91. The Kier molecular flexibility index (Phi) is 8.30. The number of carbonyl (C=O) groups excluding carboxylic acids is 2. The highest BCUT2D eigenvalue weighted by Gasteiger charge is 2.16. The van der Waals surface area contributed by atoms with Crippen LogP contribution in [0, 0.1) is 6.92 Å². The summed E-state index contributed by atoms with van der Waals surface area (Å²) in [5.41, 5.74) is 1.07. The minimum absolute atomic E-state index is 0.0903. The molecule has 2 N–H and O–H groups in total. The topological polar surface area (TPSA) is 102 Å². The molecule has 156 valence electrons. The van der Waals surface area contributed by atoms with E-state index in [0.717, 1.165) is 5.56 Å². The minimum Gasteiger partial charge on any atom is -0.456 e. The molecule has 0 aliphatic heterocycles. The Bertz CT molecular complexity index is 988. The van der Waals surface area contributed by atoms with Gasteiger partial charge in [0.15, 0.2) is 6.61 Å². The molecule has 0 aromatic heterocycles. The Morgan fingerprint density at radius 2 is 1.62 bits per heavy atom. The smallest absolute Gasteiger partial charge is 0.307 e. The van der Waals surface area contributed by atoms with E-state index < -0.39 is 28.5 Å². The molecule has 2 aromatic rings. The molecule has 0 aliphatic carbocycles. The van der Waals surface area contributed by atoms with Gasteiger partial charge in [0.25, 0.3) is 5.91 Å². The fourth-order valence-electron chi connectivity index (χ4n) is 2.14. The first-order valence-corrected chi connectivity index (χ1v) is 10.9. The van der Waals surface area contributed by atoms with Gasteiger partial charge in [-0.15, -0.1) is 0 Å². The molecule has 0 spiro atoms. The molecule has 0 bridgehead atoms. The van der Waals surface area contributed by atoms with Crippen LogP contribution in [0.2, 0.25) is 15.1 Å². The summed E-state index contributed by atoms with van der Waals surface area (Å²) in [5.74, 6) is -1.41. The van der Waals surface area contributed by atoms with E-state index >= 15 is 0 Å². The van der Waals surface area contributed by atoms with Gasteiger partial charge >= 0.3 is 5.97 Å². The van der Waals surface area contributed by atoms with Gasteiger partial charge in [0.05, 0.1) is 27.0 Å². The van der Waals surface area contributed by atoms with Crippen molar-refractivity contribution in [1.29, 1.82) is 0 Å². The second-order valence-corrected chi connectivity index (χ2v) is 8.93. The Hall–Kier alpha value is -1.84. The number of amides is 1. The highest BCUT2D eigenvalue weighted by molar-refractivity contribution is 7.89. The maximum absolute atomic E-state index is 12.1. The van der Waals surface area contributed by atoms with E-state index in [2.05, 4.69) is 10.0 Å². The molecule has 0 aliphatic rings. The molecule has 0 radical (unpaired) electrons. The number of hydrogen-bond donors (Lipinski definition) is 2. The van der Waals surface area contributed by atoms with Gasteiger partial charge < -0.3 is 10.1 Å². The second kappa shape index (κ2) is 10.3. The first-order chi connectivity index (χ1) is 13.6. The summed E-state index contributed by atoms with van der Waals surface area (Å²) in [5, 5.41) is 2.98. The number of rotatable bonds is 8. The summed E-state index contributed by atoms with van der Waals surface area (Å²) in [7, 11) is -3.73. The van der Waals surface area contributed by atoms with Gasteiger partial charge in [-0.2, -0.15) is 0 Å². The van der Waals surface area contributed by atoms with Crippen LogP contribution in [0.15, 0.2) is 41.3 Å². The maximum atomic E-state index is 12.1. The van der Waals surface area contributed by atoms with Crippen LogP contribution in [0.25, 0.3) is 0 Å². The lowest BCUT2D eigenvalue weighted by molar-refractivity contribution is -0.147. The molecule has 7 nitrogen and oxygen atoms in total. The summed E-state index contributed by atoms with van der Waals surface area (Å²) in [4.78, 5) is 23.7. The van der Waals surface area contributed by atoms with Gasteiger partial charge in [0, 0.05) is 11.6 Å². The largest absolute Gasteiger partial charge is 0.456 e. The van der Waals surface area contributed by atoms with Crippen molar-refractivity contribution < 1.29 is 22.7 Å². The van der Waals surface area contributed by atoms with Gasteiger partial charge in [-0.25, -0.2) is 13.1 Å². The first-order valence-electron chi connectivity index (χ1n) is 8.25. The standard InChI is InChI=1S/C18H17Cl3N2O5S/c1-11-2-4-13(5-3-11)29(26,27)22-7-6-17(25)28-10-16(24)23-18-14(20)8-12(19)9-15(18)21/h2-5,8-9,22H,6-7,10H2,1H3,(H,23,24). The molecule has 2 rings (SSSR count). The molecule has 0 atom stereocenters. The van der Waals surface area contributed by atoms with Crippen molar-refractivity contribution in [2.75, 3.05) is 18.5 Å². The fraction of sp³-hybridized carbons (Fsp3) is 0.222.